The fraction of sp³-hybridized carbons (Fsp3) is 0.350. The maximum absolute atomic E-state index is 12.7. The third-order valence-electron chi connectivity index (χ3n) is 4.46. The number of nitrogens with two attached hydrogens (primary N) is 1. The van der Waals surface area contributed by atoms with E-state index in [4.69, 9.17) is 26.8 Å². The smallest absolute Gasteiger partial charge is 0.254 e. The van der Waals surface area contributed by atoms with E-state index in [2.05, 4.69) is 0 Å². The minimum atomic E-state index is -0.0253. The Kier molecular flexibility index (Phi) is 6.01. The molecule has 0 radical (unpaired) electrons. The normalized spacial score (nSPS) is 17.0. The average Bonchev–Trinajstić information content (AvgIpc) is 2.67. The van der Waals surface area contributed by atoms with Crippen LogP contribution in [0.1, 0.15) is 28.8 Å². The third kappa shape index (κ3) is 4.48. The number of methoxy groups -OCH3 is 1. The Morgan fingerprint density at radius 3 is 2.69 bits per heavy atom. The van der Waals surface area contributed by atoms with Crippen LogP contribution in [0.5, 0.6) is 11.5 Å². The van der Waals surface area contributed by atoms with E-state index in [-0.39, 0.29) is 11.9 Å². The van der Waals surface area contributed by atoms with Crippen LogP contribution in [0, 0.1) is 0 Å². The quantitative estimate of drug-likeness (QED) is 0.870. The summed E-state index contributed by atoms with van der Waals surface area (Å²) in [6.07, 6.45) is 1.90. The molecule has 1 amide bonds. The van der Waals surface area contributed by atoms with Gasteiger partial charge in [0.15, 0.2) is 11.5 Å². The van der Waals surface area contributed by atoms with Crippen LogP contribution in [0.4, 0.5) is 0 Å². The summed E-state index contributed by atoms with van der Waals surface area (Å²) in [7, 11) is 1.57. The van der Waals surface area contributed by atoms with Gasteiger partial charge in [-0.25, -0.2) is 0 Å². The minimum absolute atomic E-state index is 0.0253. The van der Waals surface area contributed by atoms with Gasteiger partial charge in [0, 0.05) is 29.7 Å². The standard InChI is InChI=1S/C20H23ClN2O3/c1-25-19-11-15(20(24)23-10-2-3-17(22)12-23)6-9-18(19)26-13-14-4-7-16(21)8-5-14/h4-9,11,17H,2-3,10,12-13,22H2,1H3. The average molecular weight is 375 g/mol. The minimum Gasteiger partial charge on any atom is -0.493 e. The lowest BCUT2D eigenvalue weighted by atomic mass is 10.1. The van der Waals surface area contributed by atoms with Crippen molar-refractivity contribution in [3.8, 4) is 11.5 Å². The van der Waals surface area contributed by atoms with E-state index in [1.54, 1.807) is 30.2 Å². The first kappa shape index (κ1) is 18.5. The Bertz CT molecular complexity index is 764. The van der Waals surface area contributed by atoms with Crippen LogP contribution in [0.15, 0.2) is 42.5 Å². The molecule has 1 aliphatic heterocycles. The monoisotopic (exact) mass is 374 g/mol. The summed E-state index contributed by atoms with van der Waals surface area (Å²) in [5.41, 5.74) is 7.56. The highest BCUT2D eigenvalue weighted by Gasteiger charge is 2.23. The van der Waals surface area contributed by atoms with Crippen LogP contribution < -0.4 is 15.2 Å². The second kappa shape index (κ2) is 8.43. The summed E-state index contributed by atoms with van der Waals surface area (Å²) < 4.78 is 11.2. The number of amides is 1. The molecular formula is C20H23ClN2O3. The van der Waals surface area contributed by atoms with Gasteiger partial charge in [-0.1, -0.05) is 23.7 Å². The number of halogens is 1. The van der Waals surface area contributed by atoms with Gasteiger partial charge in [-0.15, -0.1) is 0 Å². The lowest BCUT2D eigenvalue weighted by molar-refractivity contribution is 0.0708. The Morgan fingerprint density at radius 1 is 1.23 bits per heavy atom. The molecule has 1 heterocycles. The first-order valence-corrected chi connectivity index (χ1v) is 9.05. The molecule has 1 unspecified atom stereocenters. The molecule has 3 rings (SSSR count). The Hall–Kier alpha value is -2.24. The first-order chi connectivity index (χ1) is 12.6. The highest BCUT2D eigenvalue weighted by Crippen LogP contribution is 2.29. The molecule has 26 heavy (non-hydrogen) atoms. The SMILES string of the molecule is COc1cc(C(=O)N2CCCC(N)C2)ccc1OCc1ccc(Cl)cc1. The second-order valence-electron chi connectivity index (χ2n) is 6.43. The molecule has 6 heteroatoms. The topological polar surface area (TPSA) is 64.8 Å². The summed E-state index contributed by atoms with van der Waals surface area (Å²) in [4.78, 5) is 14.5. The van der Waals surface area contributed by atoms with Crippen molar-refractivity contribution in [3.05, 3.63) is 58.6 Å². The second-order valence-corrected chi connectivity index (χ2v) is 6.87. The number of piperidine rings is 1. The third-order valence-corrected chi connectivity index (χ3v) is 4.72. The van der Waals surface area contributed by atoms with E-state index in [1.807, 2.05) is 24.3 Å². The molecule has 2 aromatic carbocycles. The van der Waals surface area contributed by atoms with Crippen LogP contribution in [-0.2, 0) is 6.61 Å². The summed E-state index contributed by atoms with van der Waals surface area (Å²) in [6.45, 7) is 1.72. The lowest BCUT2D eigenvalue weighted by Gasteiger charge is -2.31. The summed E-state index contributed by atoms with van der Waals surface area (Å²) in [6, 6.07) is 12.8. The molecule has 0 saturated carbocycles. The zero-order chi connectivity index (χ0) is 18.5. The zero-order valence-corrected chi connectivity index (χ0v) is 15.5. The van der Waals surface area contributed by atoms with E-state index in [0.29, 0.717) is 35.2 Å². The lowest BCUT2D eigenvalue weighted by Crippen LogP contribution is -2.45. The van der Waals surface area contributed by atoms with Gasteiger partial charge in [0.05, 0.1) is 7.11 Å². The van der Waals surface area contributed by atoms with Crippen molar-refractivity contribution in [1.29, 1.82) is 0 Å². The fourth-order valence-electron chi connectivity index (χ4n) is 3.04. The molecular weight excluding hydrogens is 352 g/mol. The fourth-order valence-corrected chi connectivity index (χ4v) is 3.16. The molecule has 1 saturated heterocycles. The molecule has 2 N–H and O–H groups in total. The van der Waals surface area contributed by atoms with Crippen LogP contribution in [-0.4, -0.2) is 37.0 Å². The van der Waals surface area contributed by atoms with Crippen molar-refractivity contribution < 1.29 is 14.3 Å². The maximum Gasteiger partial charge on any atom is 0.254 e. The van der Waals surface area contributed by atoms with Crippen molar-refractivity contribution in [2.45, 2.75) is 25.5 Å². The van der Waals surface area contributed by atoms with Crippen LogP contribution >= 0.6 is 11.6 Å². The molecule has 0 bridgehead atoms. The number of hydrogen-bond acceptors (Lipinski definition) is 4. The molecule has 5 nitrogen and oxygen atoms in total. The first-order valence-electron chi connectivity index (χ1n) is 8.67. The number of hydrogen-bond donors (Lipinski definition) is 1. The zero-order valence-electron chi connectivity index (χ0n) is 14.8. The van der Waals surface area contributed by atoms with Gasteiger partial charge in [0.25, 0.3) is 5.91 Å². The largest absolute Gasteiger partial charge is 0.493 e. The van der Waals surface area contributed by atoms with E-state index in [1.165, 1.54) is 0 Å². The molecule has 2 aromatic rings. The molecule has 0 spiro atoms. The van der Waals surface area contributed by atoms with Gasteiger partial charge in [-0.2, -0.15) is 0 Å². The Labute approximate surface area is 158 Å². The van der Waals surface area contributed by atoms with Crippen molar-refractivity contribution >= 4 is 17.5 Å². The Morgan fingerprint density at radius 2 is 2.00 bits per heavy atom. The molecule has 138 valence electrons. The van der Waals surface area contributed by atoms with Gasteiger partial charge >= 0.3 is 0 Å². The van der Waals surface area contributed by atoms with Gasteiger partial charge in [0.1, 0.15) is 6.61 Å². The van der Waals surface area contributed by atoms with Gasteiger partial charge in [0.2, 0.25) is 0 Å². The van der Waals surface area contributed by atoms with Gasteiger partial charge in [-0.3, -0.25) is 4.79 Å². The van der Waals surface area contributed by atoms with Crippen molar-refractivity contribution in [2.24, 2.45) is 5.73 Å². The predicted octanol–water partition coefficient (Wildman–Crippen LogP) is 3.49. The van der Waals surface area contributed by atoms with Crippen molar-refractivity contribution in [2.75, 3.05) is 20.2 Å². The summed E-state index contributed by atoms with van der Waals surface area (Å²) in [5.74, 6) is 1.10. The van der Waals surface area contributed by atoms with Gasteiger partial charge in [-0.05, 0) is 48.7 Å². The maximum atomic E-state index is 12.7. The van der Waals surface area contributed by atoms with Crippen molar-refractivity contribution in [1.82, 2.24) is 4.90 Å². The van der Waals surface area contributed by atoms with Crippen LogP contribution in [0.25, 0.3) is 0 Å². The molecule has 1 aliphatic rings. The number of likely N-dealkylation sites (tertiary alicyclic amines) is 1. The molecule has 1 atom stereocenters. The van der Waals surface area contributed by atoms with E-state index in [9.17, 15) is 4.79 Å². The Balaban J connectivity index is 1.70. The van der Waals surface area contributed by atoms with Crippen molar-refractivity contribution in [3.63, 3.8) is 0 Å². The molecule has 1 fully saturated rings. The highest BCUT2D eigenvalue weighted by atomic mass is 35.5. The number of rotatable bonds is 5. The molecule has 0 aromatic heterocycles. The number of carbonyl (C=O) groups is 1. The van der Waals surface area contributed by atoms with Crippen LogP contribution in [0.2, 0.25) is 5.02 Å². The number of carbonyl (C=O) groups excluding carboxylic acids is 1. The van der Waals surface area contributed by atoms with E-state index >= 15 is 0 Å². The number of ether oxygens (including phenoxy) is 2. The summed E-state index contributed by atoms with van der Waals surface area (Å²) >= 11 is 5.89. The number of benzene rings is 2. The van der Waals surface area contributed by atoms with E-state index in [0.717, 1.165) is 24.9 Å². The van der Waals surface area contributed by atoms with Crippen LogP contribution in [0.3, 0.4) is 0 Å². The van der Waals surface area contributed by atoms with Gasteiger partial charge < -0.3 is 20.1 Å². The number of nitrogens with zero attached hydrogens (tertiary/aromatic N) is 1. The highest BCUT2D eigenvalue weighted by molar-refractivity contribution is 6.30. The van der Waals surface area contributed by atoms with E-state index < -0.39 is 0 Å². The molecule has 0 aliphatic carbocycles. The summed E-state index contributed by atoms with van der Waals surface area (Å²) in [5, 5.41) is 0.687. The predicted molar refractivity (Wildman–Crippen MR) is 102 cm³/mol.